The highest BCUT2D eigenvalue weighted by molar-refractivity contribution is 6.32. The summed E-state index contributed by atoms with van der Waals surface area (Å²) in [5.74, 6) is -0.793. The molecular weight excluding hydrogens is 312 g/mol. The summed E-state index contributed by atoms with van der Waals surface area (Å²) in [7, 11) is 0. The Bertz CT molecular complexity index is 732. The summed E-state index contributed by atoms with van der Waals surface area (Å²) < 4.78 is 0. The van der Waals surface area contributed by atoms with Crippen molar-refractivity contribution in [2.24, 2.45) is 0 Å². The molecule has 3 nitrogen and oxygen atoms in total. The molecule has 0 aromatic heterocycles. The van der Waals surface area contributed by atoms with E-state index in [2.05, 4.69) is 0 Å². The Kier molecular flexibility index (Phi) is 5.10. The minimum Gasteiger partial charge on any atom is -0.506 e. The van der Waals surface area contributed by atoms with E-state index in [0.29, 0.717) is 29.8 Å². The molecule has 1 fully saturated rings. The Labute approximate surface area is 141 Å². The van der Waals surface area contributed by atoms with Crippen LogP contribution in [0.2, 0.25) is 5.02 Å². The molecule has 1 aromatic carbocycles. The fourth-order valence-corrected chi connectivity index (χ4v) is 3.21. The van der Waals surface area contributed by atoms with Gasteiger partial charge in [-0.3, -0.25) is 9.59 Å². The van der Waals surface area contributed by atoms with E-state index >= 15 is 0 Å². The highest BCUT2D eigenvalue weighted by Crippen LogP contribution is 2.35. The minimum absolute atomic E-state index is 0.0672. The van der Waals surface area contributed by atoms with Crippen molar-refractivity contribution in [2.45, 2.75) is 47.0 Å². The molecule has 4 heteroatoms. The van der Waals surface area contributed by atoms with E-state index < -0.39 is 0 Å². The number of carbonyl (C=O) groups is 2. The van der Waals surface area contributed by atoms with E-state index in [-0.39, 0.29) is 22.9 Å². The van der Waals surface area contributed by atoms with Crippen LogP contribution < -0.4 is 0 Å². The SMILES string of the molecule is CC(C)=C(C)c1c(Cl)ccc(C(O)=C2C(=O)CCCC2=O)c1C. The highest BCUT2D eigenvalue weighted by Gasteiger charge is 2.28. The lowest BCUT2D eigenvalue weighted by atomic mass is 9.87. The van der Waals surface area contributed by atoms with Crippen molar-refractivity contribution < 1.29 is 14.7 Å². The molecular formula is C19H21ClO3. The molecule has 0 heterocycles. The molecule has 0 atom stereocenters. The van der Waals surface area contributed by atoms with Crippen molar-refractivity contribution in [3.05, 3.63) is 45.0 Å². The number of hydrogen-bond donors (Lipinski definition) is 1. The highest BCUT2D eigenvalue weighted by atomic mass is 35.5. The molecule has 0 amide bonds. The number of ketones is 2. The van der Waals surface area contributed by atoms with Gasteiger partial charge in [-0.2, -0.15) is 0 Å². The van der Waals surface area contributed by atoms with Gasteiger partial charge in [0.05, 0.1) is 0 Å². The molecule has 1 aliphatic rings. The molecule has 0 unspecified atom stereocenters. The van der Waals surface area contributed by atoms with Gasteiger partial charge in [0.15, 0.2) is 11.6 Å². The maximum Gasteiger partial charge on any atom is 0.170 e. The number of aliphatic hydroxyl groups excluding tert-OH is 1. The Morgan fingerprint density at radius 3 is 2.17 bits per heavy atom. The van der Waals surface area contributed by atoms with Crippen LogP contribution in [0.25, 0.3) is 11.3 Å². The van der Waals surface area contributed by atoms with Gasteiger partial charge < -0.3 is 5.11 Å². The van der Waals surface area contributed by atoms with Gasteiger partial charge in [0.1, 0.15) is 11.3 Å². The van der Waals surface area contributed by atoms with Crippen LogP contribution in [0.5, 0.6) is 0 Å². The first-order valence-corrected chi connectivity index (χ1v) is 8.07. The Hall–Kier alpha value is -1.87. The van der Waals surface area contributed by atoms with E-state index in [1.807, 2.05) is 27.7 Å². The van der Waals surface area contributed by atoms with E-state index in [1.54, 1.807) is 12.1 Å². The molecule has 1 saturated carbocycles. The standard InChI is InChI=1S/C19H21ClO3/c1-10(2)11(3)17-12(4)13(8-9-14(17)20)19(23)18-15(21)6-5-7-16(18)22/h8-9,23H,5-7H2,1-4H3. The molecule has 1 N–H and O–H groups in total. The van der Waals surface area contributed by atoms with Gasteiger partial charge in [0.2, 0.25) is 0 Å². The lowest BCUT2D eigenvalue weighted by Gasteiger charge is -2.18. The van der Waals surface area contributed by atoms with Crippen LogP contribution >= 0.6 is 11.6 Å². The summed E-state index contributed by atoms with van der Waals surface area (Å²) in [5.41, 5.74) is 4.17. The van der Waals surface area contributed by atoms with E-state index in [9.17, 15) is 14.7 Å². The molecule has 0 bridgehead atoms. The first-order valence-electron chi connectivity index (χ1n) is 7.69. The topological polar surface area (TPSA) is 54.4 Å². The van der Waals surface area contributed by atoms with Crippen molar-refractivity contribution in [3.8, 4) is 0 Å². The molecule has 0 aliphatic heterocycles. The van der Waals surface area contributed by atoms with Crippen molar-refractivity contribution in [1.82, 2.24) is 0 Å². The molecule has 2 rings (SSSR count). The quantitative estimate of drug-likeness (QED) is 0.468. The summed E-state index contributed by atoms with van der Waals surface area (Å²) in [4.78, 5) is 24.1. The maximum atomic E-state index is 12.1. The van der Waals surface area contributed by atoms with Gasteiger partial charge in [-0.25, -0.2) is 0 Å². The summed E-state index contributed by atoms with van der Waals surface area (Å²) in [6.45, 7) is 7.79. The Balaban J connectivity index is 2.70. The molecule has 122 valence electrons. The normalized spacial score (nSPS) is 14.9. The van der Waals surface area contributed by atoms with Crippen LogP contribution in [0.4, 0.5) is 0 Å². The predicted molar refractivity (Wildman–Crippen MR) is 93.5 cm³/mol. The number of hydrogen-bond acceptors (Lipinski definition) is 3. The first kappa shape index (κ1) is 17.5. The van der Waals surface area contributed by atoms with Gasteiger partial charge in [-0.1, -0.05) is 17.2 Å². The van der Waals surface area contributed by atoms with Crippen LogP contribution in [-0.4, -0.2) is 16.7 Å². The van der Waals surface area contributed by atoms with Gasteiger partial charge >= 0.3 is 0 Å². The van der Waals surface area contributed by atoms with Gasteiger partial charge in [-0.05, 0) is 62.9 Å². The van der Waals surface area contributed by atoms with E-state index in [0.717, 1.165) is 22.3 Å². The summed E-state index contributed by atoms with van der Waals surface area (Å²) in [6, 6.07) is 3.36. The zero-order valence-corrected chi connectivity index (χ0v) is 14.7. The van der Waals surface area contributed by atoms with Crippen LogP contribution in [0.15, 0.2) is 23.3 Å². The van der Waals surface area contributed by atoms with Crippen molar-refractivity contribution in [1.29, 1.82) is 0 Å². The van der Waals surface area contributed by atoms with Crippen LogP contribution in [0, 0.1) is 6.92 Å². The minimum atomic E-state index is -0.284. The molecule has 1 aliphatic carbocycles. The van der Waals surface area contributed by atoms with Gasteiger partial charge in [-0.15, -0.1) is 0 Å². The number of aliphatic hydroxyl groups is 1. The van der Waals surface area contributed by atoms with Gasteiger partial charge in [0, 0.05) is 23.4 Å². The number of carbonyl (C=O) groups excluding carboxylic acids is 2. The third-order valence-electron chi connectivity index (χ3n) is 4.40. The summed E-state index contributed by atoms with van der Waals surface area (Å²) in [6.07, 6.45) is 1.16. The lowest BCUT2D eigenvalue weighted by molar-refractivity contribution is -0.123. The van der Waals surface area contributed by atoms with Crippen LogP contribution in [-0.2, 0) is 9.59 Å². The second-order valence-electron chi connectivity index (χ2n) is 6.14. The average molecular weight is 333 g/mol. The van der Waals surface area contributed by atoms with Crippen LogP contribution in [0.1, 0.15) is 56.7 Å². The number of Topliss-reactive ketones (excluding diaryl/α,β-unsaturated/α-hetero) is 2. The Morgan fingerprint density at radius 2 is 1.65 bits per heavy atom. The second-order valence-corrected chi connectivity index (χ2v) is 6.55. The van der Waals surface area contributed by atoms with E-state index in [1.165, 1.54) is 0 Å². The average Bonchev–Trinajstić information content (AvgIpc) is 2.46. The smallest absolute Gasteiger partial charge is 0.170 e. The fraction of sp³-hybridized carbons (Fsp3) is 0.368. The zero-order valence-electron chi connectivity index (χ0n) is 13.9. The third-order valence-corrected chi connectivity index (χ3v) is 4.71. The lowest BCUT2D eigenvalue weighted by Crippen LogP contribution is -2.20. The predicted octanol–water partition coefficient (Wildman–Crippen LogP) is 5.05. The number of halogens is 1. The first-order chi connectivity index (χ1) is 10.8. The number of benzene rings is 1. The summed E-state index contributed by atoms with van der Waals surface area (Å²) in [5, 5.41) is 11.2. The monoisotopic (exact) mass is 332 g/mol. The summed E-state index contributed by atoms with van der Waals surface area (Å²) >= 11 is 6.32. The van der Waals surface area contributed by atoms with Crippen molar-refractivity contribution in [3.63, 3.8) is 0 Å². The number of rotatable bonds is 2. The Morgan fingerprint density at radius 1 is 1.09 bits per heavy atom. The molecule has 0 saturated heterocycles. The molecule has 23 heavy (non-hydrogen) atoms. The van der Waals surface area contributed by atoms with Gasteiger partial charge in [0.25, 0.3) is 0 Å². The molecule has 0 spiro atoms. The van der Waals surface area contributed by atoms with Crippen molar-refractivity contribution >= 4 is 34.5 Å². The zero-order chi connectivity index (χ0) is 17.3. The maximum absolute atomic E-state index is 12.1. The van der Waals surface area contributed by atoms with Crippen LogP contribution in [0.3, 0.4) is 0 Å². The van der Waals surface area contributed by atoms with Crippen molar-refractivity contribution in [2.75, 3.05) is 0 Å². The molecule has 1 aromatic rings. The third kappa shape index (κ3) is 3.25. The van der Waals surface area contributed by atoms with E-state index in [4.69, 9.17) is 11.6 Å². The second kappa shape index (κ2) is 6.71. The number of allylic oxidation sites excluding steroid dienone is 3. The fourth-order valence-electron chi connectivity index (χ4n) is 2.86. The molecule has 0 radical (unpaired) electrons. The largest absolute Gasteiger partial charge is 0.506 e.